The number of ether oxygens (including phenoxy) is 1. The first kappa shape index (κ1) is 17.1. The molecule has 0 saturated heterocycles. The summed E-state index contributed by atoms with van der Waals surface area (Å²) in [6.07, 6.45) is 2.62. The van der Waals surface area contributed by atoms with Crippen LogP contribution < -0.4 is 10.1 Å². The Kier molecular flexibility index (Phi) is 6.81. The van der Waals surface area contributed by atoms with Crippen LogP contribution in [0.25, 0.3) is 0 Å². The molecule has 0 spiro atoms. The molecular weight excluding hydrogens is 280 g/mol. The molecule has 1 aromatic carbocycles. The molecular formula is C15H19F2NO3. The highest BCUT2D eigenvalue weighted by molar-refractivity contribution is 6.05. The van der Waals surface area contributed by atoms with Crippen molar-refractivity contribution in [3.05, 3.63) is 41.1 Å². The molecule has 116 valence electrons. The molecule has 0 amide bonds. The Hall–Kier alpha value is -1.95. The van der Waals surface area contributed by atoms with Gasteiger partial charge in [-0.1, -0.05) is 0 Å². The van der Waals surface area contributed by atoms with Gasteiger partial charge >= 0.3 is 0 Å². The molecule has 0 atom stereocenters. The highest BCUT2D eigenvalue weighted by Crippen LogP contribution is 2.21. The van der Waals surface area contributed by atoms with Crippen molar-refractivity contribution in [3.8, 4) is 5.75 Å². The zero-order valence-corrected chi connectivity index (χ0v) is 12.1. The van der Waals surface area contributed by atoms with E-state index in [0.29, 0.717) is 18.7 Å². The van der Waals surface area contributed by atoms with E-state index in [-0.39, 0.29) is 17.9 Å². The predicted octanol–water partition coefficient (Wildman–Crippen LogP) is 2.42. The third kappa shape index (κ3) is 5.15. The van der Waals surface area contributed by atoms with Gasteiger partial charge in [0, 0.05) is 31.0 Å². The number of carbonyl (C=O) groups is 1. The van der Waals surface area contributed by atoms with Crippen LogP contribution in [0.1, 0.15) is 30.1 Å². The quantitative estimate of drug-likeness (QED) is 0.440. The number of hydrogen-bond donors (Lipinski definition) is 2. The lowest BCUT2D eigenvalue weighted by atomic mass is 10.1. The predicted molar refractivity (Wildman–Crippen MR) is 75.3 cm³/mol. The van der Waals surface area contributed by atoms with Crippen molar-refractivity contribution in [2.45, 2.75) is 19.8 Å². The third-order valence-corrected chi connectivity index (χ3v) is 2.84. The molecule has 0 aliphatic rings. The minimum Gasteiger partial charge on any atom is -0.494 e. The number of halogens is 2. The second-order valence-electron chi connectivity index (χ2n) is 4.52. The number of unbranched alkanes of at least 4 members (excludes halogenated alkanes) is 1. The summed E-state index contributed by atoms with van der Waals surface area (Å²) in [6.45, 7) is 2.37. The smallest absolute Gasteiger partial charge is 0.190 e. The standard InChI is InChI=1S/C15H19F2NO3/c1-10(18-5-3-4-6-19)7-14(20)11-8-13(17)15(21-2)9-12(11)16/h7-9,18-19H,3-6H2,1-2H3/b10-7+. The summed E-state index contributed by atoms with van der Waals surface area (Å²) in [6, 6.07) is 1.67. The molecule has 0 aliphatic carbocycles. The maximum Gasteiger partial charge on any atom is 0.190 e. The van der Waals surface area contributed by atoms with E-state index in [1.165, 1.54) is 13.2 Å². The van der Waals surface area contributed by atoms with Gasteiger partial charge in [0.25, 0.3) is 0 Å². The molecule has 0 radical (unpaired) electrons. The minimum atomic E-state index is -0.831. The van der Waals surface area contributed by atoms with E-state index in [2.05, 4.69) is 10.1 Å². The summed E-state index contributed by atoms with van der Waals surface area (Å²) >= 11 is 0. The minimum absolute atomic E-state index is 0.111. The highest BCUT2D eigenvalue weighted by Gasteiger charge is 2.15. The van der Waals surface area contributed by atoms with Gasteiger partial charge < -0.3 is 15.2 Å². The lowest BCUT2D eigenvalue weighted by molar-refractivity contribution is 0.104. The molecule has 0 heterocycles. The molecule has 0 unspecified atom stereocenters. The van der Waals surface area contributed by atoms with Gasteiger partial charge in [0.15, 0.2) is 17.3 Å². The number of methoxy groups -OCH3 is 1. The molecule has 0 saturated carbocycles. The van der Waals surface area contributed by atoms with Crippen molar-refractivity contribution in [2.24, 2.45) is 0 Å². The maximum absolute atomic E-state index is 13.7. The number of benzene rings is 1. The van der Waals surface area contributed by atoms with Gasteiger partial charge in [-0.05, 0) is 25.8 Å². The van der Waals surface area contributed by atoms with Gasteiger partial charge in [0.1, 0.15) is 5.82 Å². The topological polar surface area (TPSA) is 58.6 Å². The Morgan fingerprint density at radius 3 is 2.67 bits per heavy atom. The maximum atomic E-state index is 13.7. The summed E-state index contributed by atoms with van der Waals surface area (Å²) < 4.78 is 31.9. The monoisotopic (exact) mass is 299 g/mol. The van der Waals surface area contributed by atoms with E-state index in [9.17, 15) is 13.6 Å². The second-order valence-corrected chi connectivity index (χ2v) is 4.52. The molecule has 21 heavy (non-hydrogen) atoms. The average Bonchev–Trinajstić information content (AvgIpc) is 2.45. The number of hydrogen-bond acceptors (Lipinski definition) is 4. The fourth-order valence-electron chi connectivity index (χ4n) is 1.72. The lowest BCUT2D eigenvalue weighted by Gasteiger charge is -2.07. The van der Waals surface area contributed by atoms with Crippen LogP contribution in [0.15, 0.2) is 23.9 Å². The van der Waals surface area contributed by atoms with Gasteiger partial charge in [0.2, 0.25) is 0 Å². The van der Waals surface area contributed by atoms with E-state index in [0.717, 1.165) is 18.6 Å². The van der Waals surface area contributed by atoms with Crippen LogP contribution in [0.3, 0.4) is 0 Å². The summed E-state index contributed by atoms with van der Waals surface area (Å²) in [4.78, 5) is 11.9. The normalized spacial score (nSPS) is 11.4. The number of aliphatic hydroxyl groups is 1. The number of ketones is 1. The van der Waals surface area contributed by atoms with Gasteiger partial charge in [-0.25, -0.2) is 8.78 Å². The van der Waals surface area contributed by atoms with Crippen molar-refractivity contribution in [1.29, 1.82) is 0 Å². The van der Waals surface area contributed by atoms with Gasteiger partial charge in [-0.15, -0.1) is 0 Å². The highest BCUT2D eigenvalue weighted by atomic mass is 19.1. The van der Waals surface area contributed by atoms with E-state index >= 15 is 0 Å². The van der Waals surface area contributed by atoms with E-state index < -0.39 is 17.4 Å². The molecule has 0 aliphatic heterocycles. The number of rotatable bonds is 8. The van der Waals surface area contributed by atoms with Crippen molar-refractivity contribution < 1.29 is 23.4 Å². The first-order valence-electron chi connectivity index (χ1n) is 6.60. The van der Waals surface area contributed by atoms with E-state index in [1.807, 2.05) is 0 Å². The first-order chi connectivity index (χ1) is 9.99. The van der Waals surface area contributed by atoms with Crippen LogP contribution in [-0.4, -0.2) is 31.2 Å². The van der Waals surface area contributed by atoms with Crippen LogP contribution in [0.2, 0.25) is 0 Å². The Labute approximate surface area is 122 Å². The number of nitrogens with one attached hydrogen (secondary N) is 1. The van der Waals surface area contributed by atoms with Crippen LogP contribution in [-0.2, 0) is 0 Å². The third-order valence-electron chi connectivity index (χ3n) is 2.84. The van der Waals surface area contributed by atoms with Crippen LogP contribution in [0.5, 0.6) is 5.75 Å². The van der Waals surface area contributed by atoms with Crippen LogP contribution >= 0.6 is 0 Å². The largest absolute Gasteiger partial charge is 0.494 e. The molecule has 4 nitrogen and oxygen atoms in total. The molecule has 1 aromatic rings. The fraction of sp³-hybridized carbons (Fsp3) is 0.400. The summed E-state index contributed by atoms with van der Waals surface area (Å²) in [7, 11) is 1.22. The molecule has 0 aromatic heterocycles. The van der Waals surface area contributed by atoms with E-state index in [4.69, 9.17) is 5.11 Å². The van der Waals surface area contributed by atoms with Gasteiger partial charge in [-0.3, -0.25) is 4.79 Å². The number of aliphatic hydroxyl groups excluding tert-OH is 1. The van der Waals surface area contributed by atoms with Crippen LogP contribution in [0.4, 0.5) is 8.78 Å². The molecule has 0 bridgehead atoms. The van der Waals surface area contributed by atoms with Gasteiger partial charge in [-0.2, -0.15) is 0 Å². The number of allylic oxidation sites excluding steroid dienone is 2. The summed E-state index contributed by atoms with van der Waals surface area (Å²) in [5.41, 5.74) is 0.207. The zero-order chi connectivity index (χ0) is 15.8. The Bertz CT molecular complexity index is 530. The van der Waals surface area contributed by atoms with Crippen molar-refractivity contribution >= 4 is 5.78 Å². The molecule has 6 heteroatoms. The van der Waals surface area contributed by atoms with Gasteiger partial charge in [0.05, 0.1) is 12.7 Å². The Morgan fingerprint density at radius 2 is 2.05 bits per heavy atom. The molecule has 0 fully saturated rings. The number of carbonyl (C=O) groups excluding carboxylic acids is 1. The Balaban J connectivity index is 2.77. The zero-order valence-electron chi connectivity index (χ0n) is 12.1. The Morgan fingerprint density at radius 1 is 1.33 bits per heavy atom. The summed E-state index contributed by atoms with van der Waals surface area (Å²) in [5, 5.41) is 11.6. The molecule has 1 rings (SSSR count). The fourth-order valence-corrected chi connectivity index (χ4v) is 1.72. The van der Waals surface area contributed by atoms with Crippen LogP contribution in [0, 0.1) is 11.6 Å². The molecule has 2 N–H and O–H groups in total. The van der Waals surface area contributed by atoms with E-state index in [1.54, 1.807) is 6.92 Å². The lowest BCUT2D eigenvalue weighted by Crippen LogP contribution is -2.14. The van der Waals surface area contributed by atoms with Crippen molar-refractivity contribution in [1.82, 2.24) is 5.32 Å². The first-order valence-corrected chi connectivity index (χ1v) is 6.60. The summed E-state index contributed by atoms with van der Waals surface area (Å²) in [5.74, 6) is -2.49. The SMILES string of the molecule is COc1cc(F)c(C(=O)/C=C(\C)NCCCCO)cc1F. The van der Waals surface area contributed by atoms with Crippen molar-refractivity contribution in [2.75, 3.05) is 20.3 Å². The second kappa shape index (κ2) is 8.36. The average molecular weight is 299 g/mol. The van der Waals surface area contributed by atoms with Crippen molar-refractivity contribution in [3.63, 3.8) is 0 Å².